The molecule has 2 N–H and O–H groups in total. The number of nitrogens with zero attached hydrogens (tertiary/aromatic N) is 3. The number of ether oxygens (including phenoxy) is 1. The fourth-order valence-corrected chi connectivity index (χ4v) is 3.39. The van der Waals surface area contributed by atoms with Crippen molar-refractivity contribution in [1.82, 2.24) is 25.7 Å². The van der Waals surface area contributed by atoms with Crippen molar-refractivity contribution in [3.05, 3.63) is 11.7 Å². The third kappa shape index (κ3) is 2.49. The number of urea groups is 1. The van der Waals surface area contributed by atoms with Gasteiger partial charge in [-0.15, -0.1) is 0 Å². The molecule has 23 heavy (non-hydrogen) atoms. The molecule has 3 saturated heterocycles. The van der Waals surface area contributed by atoms with Crippen LogP contribution in [0.5, 0.6) is 0 Å². The molecule has 0 aliphatic carbocycles. The molecule has 1 spiro atoms. The summed E-state index contributed by atoms with van der Waals surface area (Å²) in [6.45, 7) is 2.14. The molecule has 1 unspecified atom stereocenters. The SMILES string of the molecule is O=C1NC2(CCNCC2)C(=O)N1Cc1noc(C2CCCO2)n1. The van der Waals surface area contributed by atoms with Crippen LogP contribution in [0.2, 0.25) is 0 Å². The Bertz CT molecular complexity index is 618. The largest absolute Gasteiger partial charge is 0.368 e. The van der Waals surface area contributed by atoms with Gasteiger partial charge in [0.25, 0.3) is 11.8 Å². The lowest BCUT2D eigenvalue weighted by atomic mass is 9.88. The first kappa shape index (κ1) is 14.6. The summed E-state index contributed by atoms with van der Waals surface area (Å²) in [7, 11) is 0. The van der Waals surface area contributed by atoms with Gasteiger partial charge in [0.15, 0.2) is 5.82 Å². The van der Waals surface area contributed by atoms with Crippen molar-refractivity contribution in [3.63, 3.8) is 0 Å². The number of hydrogen-bond acceptors (Lipinski definition) is 7. The second kappa shape index (κ2) is 5.57. The molecule has 0 bridgehead atoms. The highest BCUT2D eigenvalue weighted by Gasteiger charge is 2.51. The van der Waals surface area contributed by atoms with Gasteiger partial charge in [-0.2, -0.15) is 4.98 Å². The first-order chi connectivity index (χ1) is 11.2. The Morgan fingerprint density at radius 2 is 2.13 bits per heavy atom. The van der Waals surface area contributed by atoms with Crippen LogP contribution < -0.4 is 10.6 Å². The van der Waals surface area contributed by atoms with Gasteiger partial charge in [0.2, 0.25) is 0 Å². The third-order valence-electron chi connectivity index (χ3n) is 4.69. The third-order valence-corrected chi connectivity index (χ3v) is 4.69. The van der Waals surface area contributed by atoms with Gasteiger partial charge in [-0.3, -0.25) is 9.69 Å². The van der Waals surface area contributed by atoms with E-state index in [9.17, 15) is 9.59 Å². The molecule has 3 amide bonds. The van der Waals surface area contributed by atoms with Crippen molar-refractivity contribution >= 4 is 11.9 Å². The van der Waals surface area contributed by atoms with E-state index < -0.39 is 5.54 Å². The van der Waals surface area contributed by atoms with Crippen molar-refractivity contribution in [2.45, 2.75) is 43.9 Å². The molecule has 0 saturated carbocycles. The van der Waals surface area contributed by atoms with Gasteiger partial charge in [-0.25, -0.2) is 4.79 Å². The van der Waals surface area contributed by atoms with Crippen LogP contribution in [0.15, 0.2) is 4.52 Å². The molecule has 9 nitrogen and oxygen atoms in total. The quantitative estimate of drug-likeness (QED) is 0.760. The van der Waals surface area contributed by atoms with Crippen LogP contribution in [-0.4, -0.2) is 52.2 Å². The zero-order chi connectivity index (χ0) is 15.9. The van der Waals surface area contributed by atoms with Crippen LogP contribution in [0.25, 0.3) is 0 Å². The molecule has 124 valence electrons. The van der Waals surface area contributed by atoms with Crippen molar-refractivity contribution in [2.75, 3.05) is 19.7 Å². The Kier molecular flexibility index (Phi) is 3.53. The maximum atomic E-state index is 12.7. The Hall–Kier alpha value is -2.00. The summed E-state index contributed by atoms with van der Waals surface area (Å²) in [4.78, 5) is 30.3. The maximum Gasteiger partial charge on any atom is 0.325 e. The Morgan fingerprint density at radius 3 is 2.87 bits per heavy atom. The number of rotatable bonds is 3. The smallest absolute Gasteiger partial charge is 0.325 e. The van der Waals surface area contributed by atoms with E-state index in [1.807, 2.05) is 0 Å². The summed E-state index contributed by atoms with van der Waals surface area (Å²) in [5.74, 6) is 0.540. The predicted molar refractivity (Wildman–Crippen MR) is 76.1 cm³/mol. The first-order valence-corrected chi connectivity index (χ1v) is 7.97. The zero-order valence-electron chi connectivity index (χ0n) is 12.7. The number of imide groups is 1. The van der Waals surface area contributed by atoms with Gasteiger partial charge in [0.1, 0.15) is 11.6 Å². The summed E-state index contributed by atoms with van der Waals surface area (Å²) < 4.78 is 10.7. The molecule has 0 aromatic carbocycles. The minimum absolute atomic E-state index is 0.0239. The van der Waals surface area contributed by atoms with Crippen LogP contribution in [0.1, 0.15) is 43.5 Å². The predicted octanol–water partition coefficient (Wildman–Crippen LogP) is 0.0951. The highest BCUT2D eigenvalue weighted by molar-refractivity contribution is 6.07. The first-order valence-electron chi connectivity index (χ1n) is 7.97. The molecule has 3 aliphatic heterocycles. The van der Waals surface area contributed by atoms with E-state index in [-0.39, 0.29) is 24.6 Å². The van der Waals surface area contributed by atoms with Gasteiger partial charge in [-0.05, 0) is 38.8 Å². The summed E-state index contributed by atoms with van der Waals surface area (Å²) in [5.41, 5.74) is -0.774. The van der Waals surface area contributed by atoms with E-state index in [0.29, 0.717) is 44.3 Å². The van der Waals surface area contributed by atoms with E-state index in [2.05, 4.69) is 20.8 Å². The topological polar surface area (TPSA) is 110 Å². The maximum absolute atomic E-state index is 12.7. The van der Waals surface area contributed by atoms with Crippen molar-refractivity contribution in [3.8, 4) is 0 Å². The van der Waals surface area contributed by atoms with Gasteiger partial charge in [0, 0.05) is 6.61 Å². The molecular weight excluding hydrogens is 302 g/mol. The van der Waals surface area contributed by atoms with Crippen molar-refractivity contribution in [2.24, 2.45) is 0 Å². The number of piperidine rings is 1. The Labute approximate surface area is 132 Å². The monoisotopic (exact) mass is 321 g/mol. The minimum Gasteiger partial charge on any atom is -0.368 e. The molecule has 1 atom stereocenters. The van der Waals surface area contributed by atoms with E-state index in [1.165, 1.54) is 4.90 Å². The zero-order valence-corrected chi connectivity index (χ0v) is 12.7. The fraction of sp³-hybridized carbons (Fsp3) is 0.714. The summed E-state index contributed by atoms with van der Waals surface area (Å²) >= 11 is 0. The number of hydrogen-bond donors (Lipinski definition) is 2. The van der Waals surface area contributed by atoms with Crippen LogP contribution >= 0.6 is 0 Å². The molecule has 4 rings (SSSR count). The lowest BCUT2D eigenvalue weighted by molar-refractivity contribution is -0.132. The second-order valence-corrected chi connectivity index (χ2v) is 6.20. The molecule has 3 fully saturated rings. The average Bonchev–Trinajstić information content (AvgIpc) is 3.27. The van der Waals surface area contributed by atoms with Crippen molar-refractivity contribution < 1.29 is 18.8 Å². The molecule has 1 aromatic heterocycles. The highest BCUT2D eigenvalue weighted by Crippen LogP contribution is 2.29. The van der Waals surface area contributed by atoms with E-state index in [4.69, 9.17) is 9.26 Å². The highest BCUT2D eigenvalue weighted by atomic mass is 16.5. The lowest BCUT2D eigenvalue weighted by Gasteiger charge is -2.30. The van der Waals surface area contributed by atoms with Crippen LogP contribution in [0.4, 0.5) is 4.79 Å². The van der Waals surface area contributed by atoms with E-state index in [0.717, 1.165) is 12.8 Å². The molecule has 0 radical (unpaired) electrons. The number of carbonyl (C=O) groups is 2. The molecular formula is C14H19N5O4. The molecule has 3 aliphatic rings. The molecule has 9 heteroatoms. The number of nitrogens with one attached hydrogen (secondary N) is 2. The number of carbonyl (C=O) groups excluding carboxylic acids is 2. The summed E-state index contributed by atoms with van der Waals surface area (Å²) in [6.07, 6.45) is 2.84. The van der Waals surface area contributed by atoms with Crippen molar-refractivity contribution in [1.29, 1.82) is 0 Å². The van der Waals surface area contributed by atoms with Crippen LogP contribution in [0.3, 0.4) is 0 Å². The second-order valence-electron chi connectivity index (χ2n) is 6.20. The summed E-state index contributed by atoms with van der Waals surface area (Å²) in [5, 5.41) is 9.91. The normalized spacial score (nSPS) is 27.0. The van der Waals surface area contributed by atoms with E-state index >= 15 is 0 Å². The lowest BCUT2D eigenvalue weighted by Crippen LogP contribution is -2.53. The summed E-state index contributed by atoms with van der Waals surface area (Å²) in [6, 6.07) is -0.389. The standard InChI is InChI=1S/C14H19N5O4/c20-12-14(3-5-15-6-4-14)17-13(21)19(12)8-10-16-11(23-18-10)9-2-1-7-22-9/h9,15H,1-8H2,(H,17,21). The van der Waals surface area contributed by atoms with Gasteiger partial charge >= 0.3 is 6.03 Å². The van der Waals surface area contributed by atoms with E-state index in [1.54, 1.807) is 0 Å². The van der Waals surface area contributed by atoms with Crippen LogP contribution in [0, 0.1) is 0 Å². The molecule has 4 heterocycles. The van der Waals surface area contributed by atoms with Gasteiger partial charge < -0.3 is 19.9 Å². The Morgan fingerprint density at radius 1 is 1.30 bits per heavy atom. The number of aromatic nitrogens is 2. The Balaban J connectivity index is 1.48. The number of amides is 3. The fourth-order valence-electron chi connectivity index (χ4n) is 3.39. The van der Waals surface area contributed by atoms with Crippen LogP contribution in [-0.2, 0) is 16.1 Å². The van der Waals surface area contributed by atoms with Gasteiger partial charge in [-0.1, -0.05) is 5.16 Å². The average molecular weight is 321 g/mol. The minimum atomic E-state index is -0.774. The molecule has 1 aromatic rings. The van der Waals surface area contributed by atoms with Gasteiger partial charge in [0.05, 0.1) is 6.54 Å².